The Kier molecular flexibility index (Phi) is 4.04. The number of rotatable bonds is 5. The Hall–Kier alpha value is -1.75. The van der Waals surface area contributed by atoms with Crippen LogP contribution in [0.25, 0.3) is 0 Å². The van der Waals surface area contributed by atoms with E-state index in [9.17, 15) is 4.79 Å². The fourth-order valence-electron chi connectivity index (χ4n) is 1.89. The molecule has 2 rings (SSSR count). The fraction of sp³-hybridized carbons (Fsp3) is 0.462. The topological polar surface area (TPSA) is 73.6 Å². The molecule has 1 aromatic rings. The minimum atomic E-state index is -0.103. The zero-order valence-electron chi connectivity index (χ0n) is 10.4. The van der Waals surface area contributed by atoms with Crippen LogP contribution in [0.1, 0.15) is 30.1 Å². The summed E-state index contributed by atoms with van der Waals surface area (Å²) in [5, 5.41) is 2.96. The number of carbonyl (C=O) groups excluding carboxylic acids is 1. The molecule has 0 saturated carbocycles. The molecule has 1 aromatic carbocycles. The number of nitrogens with two attached hydrogens (primary N) is 1. The van der Waals surface area contributed by atoms with Crippen LogP contribution in [0.15, 0.2) is 18.2 Å². The van der Waals surface area contributed by atoms with Crippen molar-refractivity contribution in [2.75, 3.05) is 13.3 Å². The van der Waals surface area contributed by atoms with Crippen LogP contribution in [0.5, 0.6) is 11.5 Å². The Balaban J connectivity index is 2.04. The van der Waals surface area contributed by atoms with Crippen LogP contribution in [0, 0.1) is 0 Å². The number of hydrogen-bond donors (Lipinski definition) is 2. The van der Waals surface area contributed by atoms with Gasteiger partial charge < -0.3 is 20.5 Å². The van der Waals surface area contributed by atoms with Gasteiger partial charge in [-0.05, 0) is 37.6 Å². The summed E-state index contributed by atoms with van der Waals surface area (Å²) in [4.78, 5) is 12.0. The highest BCUT2D eigenvalue weighted by Crippen LogP contribution is 2.32. The average Bonchev–Trinajstić information content (AvgIpc) is 2.85. The van der Waals surface area contributed by atoms with Crippen molar-refractivity contribution in [3.63, 3.8) is 0 Å². The number of fused-ring (bicyclic) bond motifs is 1. The summed E-state index contributed by atoms with van der Waals surface area (Å²) in [6, 6.07) is 5.30. The van der Waals surface area contributed by atoms with Gasteiger partial charge in [-0.2, -0.15) is 0 Å². The SMILES string of the molecule is CCC(CCN)NC(=O)c1ccc2c(c1)OCO2. The van der Waals surface area contributed by atoms with Crippen LogP contribution in [-0.4, -0.2) is 25.3 Å². The standard InChI is InChI=1S/C13H18N2O3/c1-2-10(5-6-14)15-13(16)9-3-4-11-12(7-9)18-8-17-11/h3-4,7,10H,2,5-6,8,14H2,1H3,(H,15,16). The molecular weight excluding hydrogens is 232 g/mol. The minimum Gasteiger partial charge on any atom is -0.454 e. The van der Waals surface area contributed by atoms with Crippen LogP contribution in [-0.2, 0) is 0 Å². The molecule has 0 aromatic heterocycles. The first kappa shape index (κ1) is 12.7. The van der Waals surface area contributed by atoms with E-state index in [0.717, 1.165) is 12.8 Å². The Bertz CT molecular complexity index is 434. The van der Waals surface area contributed by atoms with Crippen molar-refractivity contribution in [1.29, 1.82) is 0 Å². The van der Waals surface area contributed by atoms with Gasteiger partial charge in [0.05, 0.1) is 0 Å². The summed E-state index contributed by atoms with van der Waals surface area (Å²) in [7, 11) is 0. The molecule has 0 radical (unpaired) electrons. The van der Waals surface area contributed by atoms with Crippen molar-refractivity contribution in [3.05, 3.63) is 23.8 Å². The molecule has 0 spiro atoms. The second-order valence-electron chi connectivity index (χ2n) is 4.22. The molecule has 98 valence electrons. The fourth-order valence-corrected chi connectivity index (χ4v) is 1.89. The van der Waals surface area contributed by atoms with E-state index >= 15 is 0 Å². The first-order valence-electron chi connectivity index (χ1n) is 6.15. The van der Waals surface area contributed by atoms with Gasteiger partial charge in [-0.25, -0.2) is 0 Å². The van der Waals surface area contributed by atoms with Crippen molar-refractivity contribution in [3.8, 4) is 11.5 Å². The van der Waals surface area contributed by atoms with E-state index < -0.39 is 0 Å². The highest BCUT2D eigenvalue weighted by atomic mass is 16.7. The van der Waals surface area contributed by atoms with Gasteiger partial charge >= 0.3 is 0 Å². The van der Waals surface area contributed by atoms with E-state index in [-0.39, 0.29) is 18.7 Å². The molecule has 1 aliphatic rings. The number of amides is 1. The molecule has 18 heavy (non-hydrogen) atoms. The first-order valence-corrected chi connectivity index (χ1v) is 6.15. The lowest BCUT2D eigenvalue weighted by atomic mass is 10.1. The Morgan fingerprint density at radius 3 is 2.94 bits per heavy atom. The Morgan fingerprint density at radius 2 is 2.22 bits per heavy atom. The number of benzene rings is 1. The highest BCUT2D eigenvalue weighted by Gasteiger charge is 2.17. The van der Waals surface area contributed by atoms with E-state index in [4.69, 9.17) is 15.2 Å². The minimum absolute atomic E-state index is 0.103. The van der Waals surface area contributed by atoms with Gasteiger partial charge in [-0.3, -0.25) is 4.79 Å². The van der Waals surface area contributed by atoms with Gasteiger partial charge in [0.15, 0.2) is 11.5 Å². The number of hydrogen-bond acceptors (Lipinski definition) is 4. The number of ether oxygens (including phenoxy) is 2. The largest absolute Gasteiger partial charge is 0.454 e. The molecule has 5 nitrogen and oxygen atoms in total. The molecule has 1 heterocycles. The molecule has 0 saturated heterocycles. The summed E-state index contributed by atoms with van der Waals surface area (Å²) in [5.74, 6) is 1.20. The zero-order valence-corrected chi connectivity index (χ0v) is 10.4. The van der Waals surface area contributed by atoms with Crippen molar-refractivity contribution in [2.24, 2.45) is 5.73 Å². The zero-order chi connectivity index (χ0) is 13.0. The molecule has 1 aliphatic heterocycles. The maximum Gasteiger partial charge on any atom is 0.251 e. The quantitative estimate of drug-likeness (QED) is 0.825. The summed E-state index contributed by atoms with van der Waals surface area (Å²) < 4.78 is 10.4. The lowest BCUT2D eigenvalue weighted by molar-refractivity contribution is 0.0934. The van der Waals surface area contributed by atoms with E-state index in [0.29, 0.717) is 23.6 Å². The molecule has 5 heteroatoms. The maximum absolute atomic E-state index is 12.0. The van der Waals surface area contributed by atoms with Crippen molar-refractivity contribution in [1.82, 2.24) is 5.32 Å². The second kappa shape index (κ2) is 5.73. The van der Waals surface area contributed by atoms with Crippen LogP contribution < -0.4 is 20.5 Å². The van der Waals surface area contributed by atoms with Crippen molar-refractivity contribution >= 4 is 5.91 Å². The molecule has 3 N–H and O–H groups in total. The van der Waals surface area contributed by atoms with Crippen LogP contribution in [0.3, 0.4) is 0 Å². The molecule has 1 unspecified atom stereocenters. The molecule has 0 aliphatic carbocycles. The average molecular weight is 250 g/mol. The lowest BCUT2D eigenvalue weighted by Crippen LogP contribution is -2.35. The summed E-state index contributed by atoms with van der Waals surface area (Å²) >= 11 is 0. The Morgan fingerprint density at radius 1 is 1.44 bits per heavy atom. The van der Waals surface area contributed by atoms with Crippen LogP contribution >= 0.6 is 0 Å². The van der Waals surface area contributed by atoms with Gasteiger partial charge in [-0.15, -0.1) is 0 Å². The van der Waals surface area contributed by atoms with E-state index in [1.165, 1.54) is 0 Å². The van der Waals surface area contributed by atoms with E-state index in [1.54, 1.807) is 18.2 Å². The van der Waals surface area contributed by atoms with E-state index in [2.05, 4.69) is 5.32 Å². The highest BCUT2D eigenvalue weighted by molar-refractivity contribution is 5.95. The number of nitrogens with one attached hydrogen (secondary N) is 1. The van der Waals surface area contributed by atoms with Gasteiger partial charge in [-0.1, -0.05) is 6.92 Å². The summed E-state index contributed by atoms with van der Waals surface area (Å²) in [6.45, 7) is 2.81. The first-order chi connectivity index (χ1) is 8.74. The molecule has 1 atom stereocenters. The number of carbonyl (C=O) groups is 1. The third-order valence-corrected chi connectivity index (χ3v) is 2.98. The lowest BCUT2D eigenvalue weighted by Gasteiger charge is -2.16. The molecule has 1 amide bonds. The van der Waals surface area contributed by atoms with Gasteiger partial charge in [0.1, 0.15) is 0 Å². The van der Waals surface area contributed by atoms with Crippen LogP contribution in [0.2, 0.25) is 0 Å². The van der Waals surface area contributed by atoms with Gasteiger partial charge in [0.25, 0.3) is 5.91 Å². The third kappa shape index (κ3) is 2.73. The van der Waals surface area contributed by atoms with E-state index in [1.807, 2.05) is 6.92 Å². The molecule has 0 bridgehead atoms. The Labute approximate surface area is 106 Å². The maximum atomic E-state index is 12.0. The smallest absolute Gasteiger partial charge is 0.251 e. The summed E-state index contributed by atoms with van der Waals surface area (Å²) in [5.41, 5.74) is 6.08. The summed E-state index contributed by atoms with van der Waals surface area (Å²) in [6.07, 6.45) is 1.65. The monoisotopic (exact) mass is 250 g/mol. The van der Waals surface area contributed by atoms with Crippen LogP contribution in [0.4, 0.5) is 0 Å². The van der Waals surface area contributed by atoms with Crippen molar-refractivity contribution < 1.29 is 14.3 Å². The predicted molar refractivity (Wildman–Crippen MR) is 67.8 cm³/mol. The normalized spacial score (nSPS) is 14.3. The second-order valence-corrected chi connectivity index (χ2v) is 4.22. The molecule has 0 fully saturated rings. The van der Waals surface area contributed by atoms with Gasteiger partial charge in [0, 0.05) is 11.6 Å². The van der Waals surface area contributed by atoms with Crippen molar-refractivity contribution in [2.45, 2.75) is 25.8 Å². The van der Waals surface area contributed by atoms with Gasteiger partial charge in [0.2, 0.25) is 6.79 Å². The predicted octanol–water partition coefficient (Wildman–Crippen LogP) is 1.27. The molecular formula is C13H18N2O3. The third-order valence-electron chi connectivity index (χ3n) is 2.98.